The summed E-state index contributed by atoms with van der Waals surface area (Å²) in [7, 11) is 0. The number of carbonyl (C=O) groups excluding carboxylic acids is 1. The molecule has 0 unspecified atom stereocenters. The van der Waals surface area contributed by atoms with Gasteiger partial charge < -0.3 is 10.4 Å². The Morgan fingerprint density at radius 1 is 1.53 bits per heavy atom. The van der Waals surface area contributed by atoms with E-state index in [1.54, 1.807) is 4.68 Å². The highest BCUT2D eigenvalue weighted by Crippen LogP contribution is 2.35. The number of hydrogen-bond donors (Lipinski definition) is 2. The number of rotatable bonds is 5. The summed E-state index contributed by atoms with van der Waals surface area (Å²) in [6.07, 6.45) is 2.49. The Labute approximate surface area is 111 Å². The van der Waals surface area contributed by atoms with E-state index in [0.717, 1.165) is 12.2 Å². The molecule has 1 amide bonds. The largest absolute Gasteiger partial charge is 0.480 e. The van der Waals surface area contributed by atoms with E-state index >= 15 is 0 Å². The summed E-state index contributed by atoms with van der Waals surface area (Å²) in [6, 6.07) is 0. The van der Waals surface area contributed by atoms with Crippen molar-refractivity contribution in [1.82, 2.24) is 15.1 Å². The molecule has 19 heavy (non-hydrogen) atoms. The number of aliphatic carboxylic acids is 1. The van der Waals surface area contributed by atoms with Crippen molar-refractivity contribution in [2.45, 2.75) is 45.7 Å². The van der Waals surface area contributed by atoms with Gasteiger partial charge in [0, 0.05) is 12.2 Å². The molecular formula is C13H19N3O3. The average molecular weight is 265 g/mol. The zero-order valence-electron chi connectivity index (χ0n) is 11.4. The molecule has 0 spiro atoms. The Balaban J connectivity index is 2.12. The minimum Gasteiger partial charge on any atom is -0.480 e. The molecule has 1 aliphatic carbocycles. The number of carbonyl (C=O) groups is 2. The summed E-state index contributed by atoms with van der Waals surface area (Å²) in [5, 5.41) is 15.8. The summed E-state index contributed by atoms with van der Waals surface area (Å²) >= 11 is 0. The van der Waals surface area contributed by atoms with Crippen molar-refractivity contribution >= 4 is 11.9 Å². The smallest absolute Gasteiger partial charge is 0.329 e. The quantitative estimate of drug-likeness (QED) is 0.837. The van der Waals surface area contributed by atoms with Gasteiger partial charge in [0.1, 0.15) is 5.54 Å². The summed E-state index contributed by atoms with van der Waals surface area (Å²) in [4.78, 5) is 23.1. The molecule has 6 heteroatoms. The number of carboxylic acids is 1. The average Bonchev–Trinajstić information content (AvgIpc) is 3.00. The van der Waals surface area contributed by atoms with E-state index in [4.69, 9.17) is 5.11 Å². The molecule has 1 aliphatic rings. The predicted octanol–water partition coefficient (Wildman–Crippen LogP) is 1.19. The van der Waals surface area contributed by atoms with Gasteiger partial charge >= 0.3 is 5.97 Å². The number of hydrogen-bond acceptors (Lipinski definition) is 3. The van der Waals surface area contributed by atoms with Crippen LogP contribution in [0.1, 0.15) is 42.7 Å². The zero-order chi connectivity index (χ0) is 14.2. The van der Waals surface area contributed by atoms with Gasteiger partial charge in [-0.2, -0.15) is 5.10 Å². The van der Waals surface area contributed by atoms with E-state index in [2.05, 4.69) is 24.3 Å². The van der Waals surface area contributed by atoms with Crippen LogP contribution in [0, 0.1) is 12.8 Å². The van der Waals surface area contributed by atoms with Crippen LogP contribution in [0.4, 0.5) is 0 Å². The van der Waals surface area contributed by atoms with Crippen LogP contribution in [0.3, 0.4) is 0 Å². The predicted molar refractivity (Wildman–Crippen MR) is 68.9 cm³/mol. The Bertz CT molecular complexity index is 515. The van der Waals surface area contributed by atoms with Gasteiger partial charge in [-0.25, -0.2) is 4.79 Å². The molecule has 104 valence electrons. The third-order valence-electron chi connectivity index (χ3n) is 3.40. The van der Waals surface area contributed by atoms with Gasteiger partial charge in [-0.1, -0.05) is 13.8 Å². The number of aromatic nitrogens is 2. The van der Waals surface area contributed by atoms with Gasteiger partial charge in [0.05, 0.1) is 11.8 Å². The first kappa shape index (κ1) is 13.6. The molecule has 0 aliphatic heterocycles. The highest BCUT2D eigenvalue weighted by molar-refractivity contribution is 5.99. The van der Waals surface area contributed by atoms with Crippen molar-refractivity contribution in [3.8, 4) is 0 Å². The molecular weight excluding hydrogens is 246 g/mol. The molecule has 2 rings (SSSR count). The van der Waals surface area contributed by atoms with Gasteiger partial charge in [-0.15, -0.1) is 0 Å². The monoisotopic (exact) mass is 265 g/mol. The lowest BCUT2D eigenvalue weighted by Crippen LogP contribution is -2.43. The second kappa shape index (κ2) is 4.68. The normalized spacial score (nSPS) is 16.4. The highest BCUT2D eigenvalue weighted by Gasteiger charge is 2.51. The van der Waals surface area contributed by atoms with Crippen LogP contribution in [0.25, 0.3) is 0 Å². The van der Waals surface area contributed by atoms with Gasteiger partial charge in [-0.05, 0) is 25.7 Å². The topological polar surface area (TPSA) is 84.2 Å². The minimum absolute atomic E-state index is 0.354. The van der Waals surface area contributed by atoms with E-state index in [0.29, 0.717) is 24.3 Å². The van der Waals surface area contributed by atoms with Gasteiger partial charge in [0.15, 0.2) is 0 Å². The molecule has 0 bridgehead atoms. The molecule has 1 aromatic heterocycles. The lowest BCUT2D eigenvalue weighted by molar-refractivity contribution is -0.140. The van der Waals surface area contributed by atoms with Gasteiger partial charge in [-0.3, -0.25) is 9.48 Å². The van der Waals surface area contributed by atoms with Crippen LogP contribution >= 0.6 is 0 Å². The number of nitrogens with zero attached hydrogens (tertiary/aromatic N) is 2. The van der Waals surface area contributed by atoms with Crippen LogP contribution in [0.15, 0.2) is 6.20 Å². The Morgan fingerprint density at radius 3 is 2.63 bits per heavy atom. The Morgan fingerprint density at radius 2 is 2.16 bits per heavy atom. The molecule has 0 radical (unpaired) electrons. The van der Waals surface area contributed by atoms with Crippen LogP contribution in [-0.4, -0.2) is 32.3 Å². The molecule has 0 atom stereocenters. The molecule has 0 saturated heterocycles. The maximum Gasteiger partial charge on any atom is 0.329 e. The standard InChI is InChI=1S/C13H19N3O3/c1-8(2)7-16-9(3)10(6-14-16)11(17)15-13(4-5-13)12(18)19/h6,8H,4-5,7H2,1-3H3,(H,15,17)(H,18,19). The van der Waals surface area contributed by atoms with Crippen LogP contribution in [0.2, 0.25) is 0 Å². The van der Waals surface area contributed by atoms with Crippen LogP contribution in [-0.2, 0) is 11.3 Å². The van der Waals surface area contributed by atoms with E-state index in [1.807, 2.05) is 6.92 Å². The number of nitrogens with one attached hydrogen (secondary N) is 1. The first-order valence-corrected chi connectivity index (χ1v) is 6.44. The molecule has 1 fully saturated rings. The number of amides is 1. The van der Waals surface area contributed by atoms with Crippen molar-refractivity contribution in [2.75, 3.05) is 0 Å². The molecule has 6 nitrogen and oxygen atoms in total. The van der Waals surface area contributed by atoms with Crippen molar-refractivity contribution in [3.05, 3.63) is 17.5 Å². The van der Waals surface area contributed by atoms with Crippen molar-refractivity contribution in [3.63, 3.8) is 0 Å². The molecule has 2 N–H and O–H groups in total. The summed E-state index contributed by atoms with van der Waals surface area (Å²) in [6.45, 7) is 6.71. The van der Waals surface area contributed by atoms with Crippen LogP contribution < -0.4 is 5.32 Å². The summed E-state index contributed by atoms with van der Waals surface area (Å²) in [5.74, 6) is -0.885. The minimum atomic E-state index is -1.05. The third-order valence-corrected chi connectivity index (χ3v) is 3.40. The Kier molecular flexibility index (Phi) is 3.34. The molecule has 1 aromatic rings. The second-order valence-electron chi connectivity index (χ2n) is 5.56. The second-order valence-corrected chi connectivity index (χ2v) is 5.56. The van der Waals surface area contributed by atoms with E-state index in [9.17, 15) is 9.59 Å². The maximum absolute atomic E-state index is 12.1. The summed E-state index contributed by atoms with van der Waals surface area (Å²) in [5.41, 5.74) is 0.171. The van der Waals surface area contributed by atoms with E-state index in [1.165, 1.54) is 6.20 Å². The maximum atomic E-state index is 12.1. The lowest BCUT2D eigenvalue weighted by atomic mass is 10.2. The third kappa shape index (κ3) is 2.62. The van der Waals surface area contributed by atoms with Gasteiger partial charge in [0.2, 0.25) is 0 Å². The fraction of sp³-hybridized carbons (Fsp3) is 0.615. The first-order chi connectivity index (χ1) is 8.85. The van der Waals surface area contributed by atoms with E-state index in [-0.39, 0.29) is 5.91 Å². The van der Waals surface area contributed by atoms with Crippen molar-refractivity contribution in [2.24, 2.45) is 5.92 Å². The zero-order valence-corrected chi connectivity index (χ0v) is 11.4. The Hall–Kier alpha value is -1.85. The fourth-order valence-corrected chi connectivity index (χ4v) is 2.00. The lowest BCUT2D eigenvalue weighted by Gasteiger charge is -2.12. The summed E-state index contributed by atoms with van der Waals surface area (Å²) < 4.78 is 1.78. The highest BCUT2D eigenvalue weighted by atomic mass is 16.4. The van der Waals surface area contributed by atoms with Crippen molar-refractivity contribution in [1.29, 1.82) is 0 Å². The van der Waals surface area contributed by atoms with Crippen LogP contribution in [0.5, 0.6) is 0 Å². The fourth-order valence-electron chi connectivity index (χ4n) is 2.00. The molecule has 1 heterocycles. The first-order valence-electron chi connectivity index (χ1n) is 6.44. The van der Waals surface area contributed by atoms with E-state index < -0.39 is 11.5 Å². The van der Waals surface area contributed by atoms with Crippen molar-refractivity contribution < 1.29 is 14.7 Å². The van der Waals surface area contributed by atoms with Gasteiger partial charge in [0.25, 0.3) is 5.91 Å². The molecule has 0 aromatic carbocycles. The SMILES string of the molecule is Cc1c(C(=O)NC2(C(=O)O)CC2)cnn1CC(C)C. The number of carboxylic acid groups (broad SMARTS) is 1. The molecule has 1 saturated carbocycles.